The molecule has 206 valence electrons. The maximum Gasteiger partial charge on any atom is 0.253 e. The molecule has 2 aromatic heterocycles. The Morgan fingerprint density at radius 3 is 1.93 bits per heavy atom. The lowest BCUT2D eigenvalue weighted by atomic mass is 9.33. The third-order valence-electron chi connectivity index (χ3n) is 10.3. The molecule has 0 aliphatic carbocycles. The van der Waals surface area contributed by atoms with Crippen LogP contribution in [0.3, 0.4) is 0 Å². The summed E-state index contributed by atoms with van der Waals surface area (Å²) in [4.78, 5) is 0. The van der Waals surface area contributed by atoms with E-state index in [1.165, 1.54) is 93.6 Å². The highest BCUT2D eigenvalue weighted by atomic mass is 15.0. The van der Waals surface area contributed by atoms with E-state index < -0.39 is 0 Å². The second-order valence-corrected chi connectivity index (χ2v) is 12.4. The number of benzene rings is 7. The SMILES string of the molecule is c1ccc(-c2c(-c3ccccc3)n3c4c(c5ccccc5cc24)B2c4ccccc4-n4c5ccccc5c5ccc-3c2c54)cc1. The fourth-order valence-electron chi connectivity index (χ4n) is 8.64. The smallest absolute Gasteiger partial charge is 0.253 e. The van der Waals surface area contributed by atoms with Gasteiger partial charge in [0, 0.05) is 33.1 Å². The van der Waals surface area contributed by atoms with Crippen LogP contribution in [0, 0.1) is 0 Å². The maximum atomic E-state index is 2.61. The standard InChI is InChI=1S/C42H25BN2/c1-3-13-26(14-4-1)37-32-25-28-17-7-8-18-29(28)38-42(32)45(40(37)27-15-5-2-6-16-27)36-24-23-31-30-19-9-11-21-34(30)44-35-22-12-10-20-33(35)43(38)39(36)41(31)44/h1-25H. The van der Waals surface area contributed by atoms with Crippen molar-refractivity contribution in [1.29, 1.82) is 0 Å². The van der Waals surface area contributed by atoms with E-state index in [9.17, 15) is 0 Å². The largest absolute Gasteiger partial charge is 0.310 e. The van der Waals surface area contributed by atoms with Crippen LogP contribution in [-0.2, 0) is 0 Å². The number of nitrogens with zero attached hydrogens (tertiary/aromatic N) is 2. The Hall–Kier alpha value is -5.80. The number of para-hydroxylation sites is 2. The zero-order chi connectivity index (χ0) is 29.2. The molecule has 2 aliphatic heterocycles. The van der Waals surface area contributed by atoms with Gasteiger partial charge in [-0.05, 0) is 62.6 Å². The van der Waals surface area contributed by atoms with Crippen LogP contribution in [0.25, 0.3) is 77.2 Å². The van der Waals surface area contributed by atoms with E-state index in [0.29, 0.717) is 0 Å². The van der Waals surface area contributed by atoms with Gasteiger partial charge in [-0.2, -0.15) is 0 Å². The van der Waals surface area contributed by atoms with Crippen LogP contribution in [-0.4, -0.2) is 15.8 Å². The fraction of sp³-hybridized carbons (Fsp3) is 0. The summed E-state index contributed by atoms with van der Waals surface area (Å²) in [6, 6.07) is 56.2. The van der Waals surface area contributed by atoms with Crippen LogP contribution in [0.4, 0.5) is 0 Å². The summed E-state index contributed by atoms with van der Waals surface area (Å²) in [5.74, 6) is 0. The first-order valence-electron chi connectivity index (χ1n) is 15.7. The molecule has 0 atom stereocenters. The normalized spacial score (nSPS) is 12.8. The molecular weight excluding hydrogens is 543 g/mol. The van der Waals surface area contributed by atoms with Gasteiger partial charge in [-0.3, -0.25) is 0 Å². The molecule has 9 aromatic rings. The number of hydrogen-bond donors (Lipinski definition) is 0. The van der Waals surface area contributed by atoms with Crippen molar-refractivity contribution in [2.24, 2.45) is 0 Å². The predicted molar refractivity (Wildman–Crippen MR) is 191 cm³/mol. The summed E-state index contributed by atoms with van der Waals surface area (Å²) in [6.45, 7) is 0.111. The highest BCUT2D eigenvalue weighted by Gasteiger charge is 2.42. The molecule has 0 fully saturated rings. The molecule has 45 heavy (non-hydrogen) atoms. The topological polar surface area (TPSA) is 9.86 Å². The zero-order valence-corrected chi connectivity index (χ0v) is 24.4. The van der Waals surface area contributed by atoms with Crippen molar-refractivity contribution in [3.05, 3.63) is 152 Å². The number of rotatable bonds is 2. The van der Waals surface area contributed by atoms with Crippen LogP contribution in [0.5, 0.6) is 0 Å². The van der Waals surface area contributed by atoms with E-state index in [1.54, 1.807) is 0 Å². The van der Waals surface area contributed by atoms with E-state index in [1.807, 2.05) is 0 Å². The van der Waals surface area contributed by atoms with Crippen LogP contribution in [0.1, 0.15) is 0 Å². The molecule has 2 nitrogen and oxygen atoms in total. The fourth-order valence-corrected chi connectivity index (χ4v) is 8.64. The third kappa shape index (κ3) is 2.87. The van der Waals surface area contributed by atoms with Gasteiger partial charge < -0.3 is 9.13 Å². The molecule has 0 spiro atoms. The summed E-state index contributed by atoms with van der Waals surface area (Å²) in [7, 11) is 0. The van der Waals surface area contributed by atoms with Gasteiger partial charge in [-0.15, -0.1) is 0 Å². The summed E-state index contributed by atoms with van der Waals surface area (Å²) in [5, 5.41) is 6.55. The molecule has 0 bridgehead atoms. The van der Waals surface area contributed by atoms with Crippen LogP contribution >= 0.6 is 0 Å². The van der Waals surface area contributed by atoms with Gasteiger partial charge in [0.1, 0.15) is 0 Å². The van der Waals surface area contributed by atoms with Crippen molar-refractivity contribution in [2.75, 3.05) is 0 Å². The molecule has 0 saturated heterocycles. The second-order valence-electron chi connectivity index (χ2n) is 12.4. The first-order chi connectivity index (χ1) is 22.4. The quantitative estimate of drug-likeness (QED) is 0.186. The van der Waals surface area contributed by atoms with Crippen LogP contribution in [0.2, 0.25) is 0 Å². The average Bonchev–Trinajstić information content (AvgIpc) is 3.63. The Labute approximate surface area is 260 Å². The van der Waals surface area contributed by atoms with Gasteiger partial charge in [0.15, 0.2) is 0 Å². The van der Waals surface area contributed by atoms with Crippen LogP contribution in [0.15, 0.2) is 152 Å². The lowest BCUT2D eigenvalue weighted by Gasteiger charge is -2.34. The van der Waals surface area contributed by atoms with E-state index in [0.717, 1.165) is 0 Å². The van der Waals surface area contributed by atoms with Crippen molar-refractivity contribution in [3.8, 4) is 33.8 Å². The lowest BCUT2D eigenvalue weighted by molar-refractivity contribution is 1.13. The molecule has 7 aromatic carbocycles. The second kappa shape index (κ2) is 8.43. The molecular formula is C42H25BN2. The van der Waals surface area contributed by atoms with Gasteiger partial charge in [0.2, 0.25) is 0 Å². The number of aromatic nitrogens is 2. The Bertz CT molecular complexity index is 2700. The molecule has 0 saturated carbocycles. The zero-order valence-electron chi connectivity index (χ0n) is 24.4. The Kier molecular flexibility index (Phi) is 4.43. The van der Waals surface area contributed by atoms with Gasteiger partial charge >= 0.3 is 0 Å². The highest BCUT2D eigenvalue weighted by Crippen LogP contribution is 2.46. The third-order valence-corrected chi connectivity index (χ3v) is 10.3. The van der Waals surface area contributed by atoms with Crippen molar-refractivity contribution >= 4 is 66.6 Å². The van der Waals surface area contributed by atoms with E-state index in [-0.39, 0.29) is 6.71 Å². The first kappa shape index (κ1) is 23.6. The minimum Gasteiger partial charge on any atom is -0.310 e. The number of fused-ring (bicyclic) bond motifs is 10. The molecule has 2 aliphatic rings. The Morgan fingerprint density at radius 1 is 0.422 bits per heavy atom. The van der Waals surface area contributed by atoms with Gasteiger partial charge in [0.25, 0.3) is 6.71 Å². The minimum atomic E-state index is 0.111. The summed E-state index contributed by atoms with van der Waals surface area (Å²) in [5.41, 5.74) is 15.7. The van der Waals surface area contributed by atoms with Gasteiger partial charge in [-0.25, -0.2) is 0 Å². The molecule has 4 heterocycles. The van der Waals surface area contributed by atoms with Crippen molar-refractivity contribution < 1.29 is 0 Å². The van der Waals surface area contributed by atoms with E-state index in [2.05, 4.69) is 161 Å². The Balaban J connectivity index is 1.45. The van der Waals surface area contributed by atoms with Gasteiger partial charge in [0.05, 0.1) is 22.2 Å². The maximum absolute atomic E-state index is 2.61. The minimum absolute atomic E-state index is 0.111. The van der Waals surface area contributed by atoms with Crippen LogP contribution < -0.4 is 16.4 Å². The van der Waals surface area contributed by atoms with E-state index in [4.69, 9.17) is 0 Å². The molecule has 0 N–H and O–H groups in total. The summed E-state index contributed by atoms with van der Waals surface area (Å²) < 4.78 is 5.14. The average molecular weight is 568 g/mol. The summed E-state index contributed by atoms with van der Waals surface area (Å²) >= 11 is 0. The number of hydrogen-bond acceptors (Lipinski definition) is 0. The highest BCUT2D eigenvalue weighted by molar-refractivity contribution is 7.01. The molecule has 0 amide bonds. The lowest BCUT2D eigenvalue weighted by Crippen LogP contribution is -2.59. The summed E-state index contributed by atoms with van der Waals surface area (Å²) in [6.07, 6.45) is 0. The Morgan fingerprint density at radius 2 is 1.09 bits per heavy atom. The van der Waals surface area contributed by atoms with Crippen molar-refractivity contribution in [3.63, 3.8) is 0 Å². The molecule has 0 unspecified atom stereocenters. The van der Waals surface area contributed by atoms with Crippen molar-refractivity contribution in [1.82, 2.24) is 9.13 Å². The van der Waals surface area contributed by atoms with E-state index >= 15 is 0 Å². The first-order valence-corrected chi connectivity index (χ1v) is 15.7. The van der Waals surface area contributed by atoms with Gasteiger partial charge in [-0.1, -0.05) is 127 Å². The predicted octanol–water partition coefficient (Wildman–Crippen LogP) is 8.36. The molecule has 0 radical (unpaired) electrons. The molecule has 11 rings (SSSR count). The van der Waals surface area contributed by atoms with Crippen molar-refractivity contribution in [2.45, 2.75) is 0 Å². The molecule has 3 heteroatoms. The monoisotopic (exact) mass is 568 g/mol.